The molecule has 0 spiro atoms. The minimum atomic E-state index is -0.402. The van der Waals surface area contributed by atoms with Crippen LogP contribution in [0, 0.1) is 24.2 Å². The third-order valence-corrected chi connectivity index (χ3v) is 7.35. The van der Waals surface area contributed by atoms with Crippen molar-refractivity contribution in [2.24, 2.45) is 18.9 Å². The number of H-pyrrole nitrogens is 1. The lowest BCUT2D eigenvalue weighted by Crippen LogP contribution is -2.21. The molecule has 10 heteroatoms. The van der Waals surface area contributed by atoms with Crippen LogP contribution in [-0.4, -0.2) is 44.0 Å². The number of benzene rings is 1. The third kappa shape index (κ3) is 4.82. The Labute approximate surface area is 217 Å². The Bertz CT molecular complexity index is 1490. The highest BCUT2D eigenvalue weighted by Gasteiger charge is 2.27. The molecule has 0 amide bonds. The topological polar surface area (TPSA) is 111 Å². The molecule has 2 N–H and O–H groups in total. The molecule has 36 heavy (non-hydrogen) atoms. The number of carbonyl (C=O) groups excluding carboxylic acids is 1. The number of fused-ring (bicyclic) bond motifs is 1. The van der Waals surface area contributed by atoms with E-state index in [-0.39, 0.29) is 0 Å². The zero-order valence-corrected chi connectivity index (χ0v) is 22.1. The molecule has 0 aliphatic heterocycles. The average Bonchev–Trinajstić information content (AvgIpc) is 3.54. The van der Waals surface area contributed by atoms with Crippen LogP contribution in [0.15, 0.2) is 41.0 Å². The van der Waals surface area contributed by atoms with Crippen molar-refractivity contribution < 1.29 is 14.3 Å². The van der Waals surface area contributed by atoms with Gasteiger partial charge in [-0.2, -0.15) is 5.10 Å². The van der Waals surface area contributed by atoms with Crippen LogP contribution in [0.4, 0.5) is 0 Å². The molecular weight excluding hydrogens is 524 g/mol. The standard InChI is InChI=1S/C26H29BrN6O3/c1-15-8-18(25(34)35-3)10-22(30-15)20-12-29-32(2)24(20)36-14-17-5-4-16(9-17)13-33-23-11-19(27)6-7-21(23)31-26(33)28/h6-8,10-12,16-17H,4-5,9,13-14H2,1-3H3,(H2,28,31)/t16-,17+/m1/s1. The van der Waals surface area contributed by atoms with E-state index in [4.69, 9.17) is 14.9 Å². The summed E-state index contributed by atoms with van der Waals surface area (Å²) >= 11 is 3.55. The van der Waals surface area contributed by atoms with E-state index in [0.29, 0.717) is 41.2 Å². The summed E-state index contributed by atoms with van der Waals surface area (Å²) in [5.74, 6) is 1.14. The first-order valence-electron chi connectivity index (χ1n) is 12.0. The average molecular weight is 553 g/mol. The van der Waals surface area contributed by atoms with E-state index in [9.17, 15) is 4.79 Å². The molecular formula is C26H29BrN6O3. The molecule has 1 aliphatic rings. The number of methoxy groups -OCH3 is 1. The van der Waals surface area contributed by atoms with Crippen LogP contribution in [0.25, 0.3) is 22.3 Å². The van der Waals surface area contributed by atoms with E-state index in [2.05, 4.69) is 41.6 Å². The minimum Gasteiger partial charge on any atom is -0.477 e. The van der Waals surface area contributed by atoms with Crippen LogP contribution in [-0.2, 0) is 18.3 Å². The van der Waals surface area contributed by atoms with Crippen LogP contribution < -0.4 is 10.4 Å². The van der Waals surface area contributed by atoms with Gasteiger partial charge >= 0.3 is 5.97 Å². The lowest BCUT2D eigenvalue weighted by Gasteiger charge is -2.15. The van der Waals surface area contributed by atoms with E-state index in [1.807, 2.05) is 26.1 Å². The van der Waals surface area contributed by atoms with Gasteiger partial charge < -0.3 is 19.0 Å². The number of esters is 1. The van der Waals surface area contributed by atoms with Crippen molar-refractivity contribution in [2.75, 3.05) is 13.7 Å². The first-order valence-corrected chi connectivity index (χ1v) is 12.8. The molecule has 2 atom stereocenters. The molecule has 0 saturated heterocycles. The van der Waals surface area contributed by atoms with Gasteiger partial charge in [-0.25, -0.2) is 9.48 Å². The summed E-state index contributed by atoms with van der Waals surface area (Å²) in [5, 5.41) is 12.8. The van der Waals surface area contributed by atoms with E-state index >= 15 is 0 Å². The molecule has 1 fully saturated rings. The van der Waals surface area contributed by atoms with E-state index < -0.39 is 5.97 Å². The minimum absolute atomic E-state index is 0.402. The summed E-state index contributed by atoms with van der Waals surface area (Å²) in [7, 11) is 3.21. The van der Waals surface area contributed by atoms with Crippen LogP contribution in [0.1, 0.15) is 35.3 Å². The molecule has 1 aliphatic carbocycles. The predicted molar refractivity (Wildman–Crippen MR) is 139 cm³/mol. The number of carbonyl (C=O) groups is 1. The quantitative estimate of drug-likeness (QED) is 0.325. The summed E-state index contributed by atoms with van der Waals surface area (Å²) in [6, 6.07) is 9.47. The number of pyridine rings is 1. The Balaban J connectivity index is 1.28. The van der Waals surface area contributed by atoms with Gasteiger partial charge in [-0.1, -0.05) is 15.9 Å². The first-order chi connectivity index (χ1) is 17.3. The zero-order valence-electron chi connectivity index (χ0n) is 20.5. The molecule has 0 unspecified atom stereocenters. The van der Waals surface area contributed by atoms with Gasteiger partial charge in [0.15, 0.2) is 5.62 Å². The van der Waals surface area contributed by atoms with E-state index in [0.717, 1.165) is 52.6 Å². The van der Waals surface area contributed by atoms with Crippen molar-refractivity contribution in [2.45, 2.75) is 32.7 Å². The SMILES string of the molecule is COC(=O)c1cc(C)nc(-c2cnn(C)c2OC[C@H]2CC[C@@H](Cn3c(=N)[nH]c4ccc(Br)cc43)C2)c1. The van der Waals surface area contributed by atoms with Crippen LogP contribution in [0.3, 0.4) is 0 Å². The Morgan fingerprint density at radius 3 is 2.86 bits per heavy atom. The monoisotopic (exact) mass is 552 g/mol. The molecule has 0 radical (unpaired) electrons. The Hall–Kier alpha value is -3.40. The van der Waals surface area contributed by atoms with Crippen molar-refractivity contribution in [3.05, 3.63) is 57.9 Å². The highest BCUT2D eigenvalue weighted by molar-refractivity contribution is 9.10. The highest BCUT2D eigenvalue weighted by Crippen LogP contribution is 2.35. The van der Waals surface area contributed by atoms with Crippen LogP contribution in [0.5, 0.6) is 5.88 Å². The molecule has 188 valence electrons. The number of ether oxygens (including phenoxy) is 2. The normalized spacial score (nSPS) is 17.6. The van der Waals surface area contributed by atoms with Gasteiger partial charge in [0, 0.05) is 23.8 Å². The molecule has 1 saturated carbocycles. The molecule has 1 aromatic carbocycles. The van der Waals surface area contributed by atoms with Gasteiger partial charge in [-0.3, -0.25) is 10.4 Å². The Morgan fingerprint density at radius 1 is 1.25 bits per heavy atom. The zero-order chi connectivity index (χ0) is 25.4. The molecule has 3 aromatic heterocycles. The molecule has 5 rings (SSSR count). The molecule has 9 nitrogen and oxygen atoms in total. The predicted octanol–water partition coefficient (Wildman–Crippen LogP) is 4.60. The number of halogens is 1. The van der Waals surface area contributed by atoms with E-state index in [1.165, 1.54) is 7.11 Å². The fourth-order valence-corrected chi connectivity index (χ4v) is 5.45. The number of rotatable bonds is 7. The van der Waals surface area contributed by atoms with Crippen molar-refractivity contribution >= 4 is 32.9 Å². The summed E-state index contributed by atoms with van der Waals surface area (Å²) < 4.78 is 16.0. The number of nitrogens with one attached hydrogen (secondary N) is 2. The highest BCUT2D eigenvalue weighted by atomic mass is 79.9. The molecule has 0 bridgehead atoms. The van der Waals surface area contributed by atoms with E-state index in [1.54, 1.807) is 23.0 Å². The largest absolute Gasteiger partial charge is 0.477 e. The van der Waals surface area contributed by atoms with Gasteiger partial charge in [0.1, 0.15) is 0 Å². The second-order valence-electron chi connectivity index (χ2n) is 9.46. The van der Waals surface area contributed by atoms with Crippen molar-refractivity contribution in [3.63, 3.8) is 0 Å². The third-order valence-electron chi connectivity index (χ3n) is 6.85. The van der Waals surface area contributed by atoms with Gasteiger partial charge in [0.05, 0.1) is 47.8 Å². The Morgan fingerprint density at radius 2 is 2.06 bits per heavy atom. The van der Waals surface area contributed by atoms with Gasteiger partial charge in [-0.15, -0.1) is 0 Å². The van der Waals surface area contributed by atoms with Crippen molar-refractivity contribution in [3.8, 4) is 17.1 Å². The lowest BCUT2D eigenvalue weighted by atomic mass is 10.1. The lowest BCUT2D eigenvalue weighted by molar-refractivity contribution is 0.0600. The summed E-state index contributed by atoms with van der Waals surface area (Å²) in [6.45, 7) is 3.24. The first kappa shape index (κ1) is 24.3. The summed E-state index contributed by atoms with van der Waals surface area (Å²) in [4.78, 5) is 19.8. The van der Waals surface area contributed by atoms with Gasteiger partial charge in [0.2, 0.25) is 5.88 Å². The molecule has 4 aromatic rings. The van der Waals surface area contributed by atoms with Gasteiger partial charge in [0.25, 0.3) is 0 Å². The van der Waals surface area contributed by atoms with Crippen molar-refractivity contribution in [1.29, 1.82) is 5.41 Å². The number of aryl methyl sites for hydroxylation is 2. The van der Waals surface area contributed by atoms with Crippen molar-refractivity contribution in [1.82, 2.24) is 24.3 Å². The number of imidazole rings is 1. The fraction of sp³-hybridized carbons (Fsp3) is 0.385. The molecule has 3 heterocycles. The smallest absolute Gasteiger partial charge is 0.337 e. The maximum absolute atomic E-state index is 12.1. The number of hydrogen-bond acceptors (Lipinski definition) is 6. The fourth-order valence-electron chi connectivity index (χ4n) is 5.11. The number of hydrogen-bond donors (Lipinski definition) is 2. The second-order valence-corrected chi connectivity index (χ2v) is 10.4. The summed E-state index contributed by atoms with van der Waals surface area (Å²) in [5.41, 5.74) is 5.00. The maximum Gasteiger partial charge on any atom is 0.337 e. The number of nitrogens with zero attached hydrogens (tertiary/aromatic N) is 4. The summed E-state index contributed by atoms with van der Waals surface area (Å²) in [6.07, 6.45) is 4.93. The van der Waals surface area contributed by atoms with Gasteiger partial charge in [-0.05, 0) is 68.4 Å². The number of aromatic nitrogens is 5. The van der Waals surface area contributed by atoms with Crippen LogP contribution >= 0.6 is 15.9 Å². The second kappa shape index (κ2) is 9.93. The van der Waals surface area contributed by atoms with Crippen LogP contribution in [0.2, 0.25) is 0 Å². The maximum atomic E-state index is 12.1. The number of aromatic amines is 1. The Kier molecular flexibility index (Phi) is 6.70.